The van der Waals surface area contributed by atoms with E-state index in [0.29, 0.717) is 23.0 Å². The molecule has 5 nitrogen and oxygen atoms in total. The molecule has 1 aromatic heterocycles. The maximum Gasteiger partial charge on any atom is 0.229 e. The van der Waals surface area contributed by atoms with Crippen LogP contribution in [0.1, 0.15) is 11.1 Å². The summed E-state index contributed by atoms with van der Waals surface area (Å²) in [6, 6.07) is 16.9. The van der Waals surface area contributed by atoms with E-state index in [1.807, 2.05) is 43.3 Å². The van der Waals surface area contributed by atoms with Crippen LogP contribution < -0.4 is 15.4 Å². The first-order valence-corrected chi connectivity index (χ1v) is 8.83. The highest BCUT2D eigenvalue weighted by atomic mass is 35.5. The van der Waals surface area contributed by atoms with Gasteiger partial charge in [0.25, 0.3) is 0 Å². The zero-order chi connectivity index (χ0) is 19.2. The zero-order valence-corrected chi connectivity index (χ0v) is 15.9. The molecule has 27 heavy (non-hydrogen) atoms. The Hall–Kier alpha value is -3.05. The van der Waals surface area contributed by atoms with E-state index in [-0.39, 0.29) is 5.91 Å². The minimum Gasteiger partial charge on any atom is -0.495 e. The maximum absolute atomic E-state index is 12.1. The lowest BCUT2D eigenvalue weighted by Gasteiger charge is -2.10. The van der Waals surface area contributed by atoms with Crippen molar-refractivity contribution in [2.24, 2.45) is 0 Å². The number of halogens is 1. The number of ether oxygens (including phenoxy) is 1. The molecule has 3 aromatic rings. The Morgan fingerprint density at radius 2 is 1.81 bits per heavy atom. The average molecular weight is 382 g/mol. The lowest BCUT2D eigenvalue weighted by atomic mass is 10.1. The van der Waals surface area contributed by atoms with Gasteiger partial charge in [0.05, 0.1) is 30.4 Å². The smallest absolute Gasteiger partial charge is 0.229 e. The summed E-state index contributed by atoms with van der Waals surface area (Å²) in [6.07, 6.45) is 1.96. The third kappa shape index (κ3) is 5.21. The van der Waals surface area contributed by atoms with Gasteiger partial charge in [-0.25, -0.2) is 4.98 Å². The van der Waals surface area contributed by atoms with Crippen molar-refractivity contribution in [1.29, 1.82) is 0 Å². The maximum atomic E-state index is 12.1. The first-order chi connectivity index (χ1) is 13.0. The lowest BCUT2D eigenvalue weighted by molar-refractivity contribution is -0.115. The molecule has 0 aliphatic heterocycles. The van der Waals surface area contributed by atoms with Crippen LogP contribution in [-0.4, -0.2) is 18.0 Å². The van der Waals surface area contributed by atoms with Crippen LogP contribution in [0.5, 0.6) is 5.75 Å². The topological polar surface area (TPSA) is 63.2 Å². The van der Waals surface area contributed by atoms with Crippen LogP contribution in [0.4, 0.5) is 17.2 Å². The van der Waals surface area contributed by atoms with Gasteiger partial charge in [0, 0.05) is 5.69 Å². The summed E-state index contributed by atoms with van der Waals surface area (Å²) >= 11 is 6.13. The van der Waals surface area contributed by atoms with E-state index in [4.69, 9.17) is 16.3 Å². The van der Waals surface area contributed by atoms with Gasteiger partial charge in [-0.1, -0.05) is 41.4 Å². The van der Waals surface area contributed by atoms with E-state index in [2.05, 4.69) is 15.6 Å². The van der Waals surface area contributed by atoms with Gasteiger partial charge in [0.15, 0.2) is 0 Å². The highest BCUT2D eigenvalue weighted by molar-refractivity contribution is 6.32. The third-order valence-electron chi connectivity index (χ3n) is 3.96. The van der Waals surface area contributed by atoms with Crippen LogP contribution >= 0.6 is 11.6 Å². The summed E-state index contributed by atoms with van der Waals surface area (Å²) in [6.45, 7) is 2.02. The van der Waals surface area contributed by atoms with Crippen LogP contribution in [-0.2, 0) is 11.2 Å². The fourth-order valence-electron chi connectivity index (χ4n) is 2.53. The molecule has 1 heterocycles. The van der Waals surface area contributed by atoms with E-state index in [0.717, 1.165) is 16.9 Å². The Kier molecular flexibility index (Phi) is 5.94. The number of amides is 1. The Bertz CT molecular complexity index is 925. The molecule has 0 aliphatic carbocycles. The van der Waals surface area contributed by atoms with Crippen molar-refractivity contribution in [3.05, 3.63) is 76.9 Å². The number of nitrogens with one attached hydrogen (secondary N) is 2. The Balaban J connectivity index is 1.59. The van der Waals surface area contributed by atoms with E-state index < -0.39 is 0 Å². The van der Waals surface area contributed by atoms with Crippen molar-refractivity contribution >= 4 is 34.7 Å². The average Bonchev–Trinajstić information content (AvgIpc) is 2.65. The number of carbonyl (C=O) groups excluding carboxylic acids is 1. The molecule has 0 radical (unpaired) electrons. The molecular weight excluding hydrogens is 362 g/mol. The van der Waals surface area contributed by atoms with E-state index in [1.54, 1.807) is 31.5 Å². The van der Waals surface area contributed by atoms with Crippen LogP contribution in [0.25, 0.3) is 0 Å². The largest absolute Gasteiger partial charge is 0.495 e. The van der Waals surface area contributed by atoms with Crippen LogP contribution in [0, 0.1) is 6.92 Å². The number of carbonyl (C=O) groups is 1. The molecule has 6 heteroatoms. The summed E-state index contributed by atoms with van der Waals surface area (Å²) in [7, 11) is 1.57. The molecular formula is C21H20ClN3O2. The van der Waals surface area contributed by atoms with Gasteiger partial charge < -0.3 is 15.4 Å². The SMILES string of the molecule is COc1ccc(Nc2ccc(NC(=O)Cc3ccc(C)cc3)nc2)cc1Cl. The van der Waals surface area contributed by atoms with Crippen molar-refractivity contribution < 1.29 is 9.53 Å². The van der Waals surface area contributed by atoms with Crippen molar-refractivity contribution in [2.45, 2.75) is 13.3 Å². The van der Waals surface area contributed by atoms with Crippen LogP contribution in [0.3, 0.4) is 0 Å². The fourth-order valence-corrected chi connectivity index (χ4v) is 2.79. The standard InChI is InChI=1S/C21H20ClN3O2/c1-14-3-5-15(6-4-14)11-21(26)25-20-10-8-17(13-23-20)24-16-7-9-19(27-2)18(22)12-16/h3-10,12-13,24H,11H2,1-2H3,(H,23,25,26). The molecule has 138 valence electrons. The van der Waals surface area contributed by atoms with Crippen molar-refractivity contribution in [1.82, 2.24) is 4.98 Å². The molecule has 2 aromatic carbocycles. The molecule has 0 spiro atoms. The van der Waals surface area contributed by atoms with Gasteiger partial charge in [-0.15, -0.1) is 0 Å². The fraction of sp³-hybridized carbons (Fsp3) is 0.143. The van der Waals surface area contributed by atoms with Gasteiger partial charge in [0.1, 0.15) is 11.6 Å². The molecule has 0 fully saturated rings. The zero-order valence-electron chi connectivity index (χ0n) is 15.1. The van der Waals surface area contributed by atoms with Gasteiger partial charge in [-0.05, 0) is 42.8 Å². The van der Waals surface area contributed by atoms with Crippen molar-refractivity contribution in [2.75, 3.05) is 17.7 Å². The second kappa shape index (κ2) is 8.56. The van der Waals surface area contributed by atoms with Gasteiger partial charge in [-0.3, -0.25) is 4.79 Å². The molecule has 0 bridgehead atoms. The number of hydrogen-bond donors (Lipinski definition) is 2. The lowest BCUT2D eigenvalue weighted by Crippen LogP contribution is -2.15. The van der Waals surface area contributed by atoms with Crippen molar-refractivity contribution in [3.63, 3.8) is 0 Å². The quantitative estimate of drug-likeness (QED) is 0.632. The molecule has 0 unspecified atom stereocenters. The normalized spacial score (nSPS) is 10.3. The summed E-state index contributed by atoms with van der Waals surface area (Å²) in [5.41, 5.74) is 3.74. The summed E-state index contributed by atoms with van der Waals surface area (Å²) in [4.78, 5) is 16.4. The third-order valence-corrected chi connectivity index (χ3v) is 4.25. The molecule has 3 rings (SSSR count). The minimum absolute atomic E-state index is 0.103. The van der Waals surface area contributed by atoms with Crippen LogP contribution in [0.15, 0.2) is 60.8 Å². The second-order valence-electron chi connectivity index (χ2n) is 6.12. The van der Waals surface area contributed by atoms with Gasteiger partial charge in [-0.2, -0.15) is 0 Å². The first-order valence-electron chi connectivity index (χ1n) is 8.45. The molecule has 0 saturated heterocycles. The van der Waals surface area contributed by atoms with Crippen LogP contribution in [0.2, 0.25) is 5.02 Å². The number of nitrogens with zero attached hydrogens (tertiary/aromatic N) is 1. The Labute approximate surface area is 163 Å². The highest BCUT2D eigenvalue weighted by Crippen LogP contribution is 2.28. The minimum atomic E-state index is -0.103. The number of pyridine rings is 1. The van der Waals surface area contributed by atoms with Gasteiger partial charge in [0.2, 0.25) is 5.91 Å². The summed E-state index contributed by atoms with van der Waals surface area (Å²) < 4.78 is 5.14. The van der Waals surface area contributed by atoms with Crippen molar-refractivity contribution in [3.8, 4) is 5.75 Å². The second-order valence-corrected chi connectivity index (χ2v) is 6.52. The summed E-state index contributed by atoms with van der Waals surface area (Å²) in [5, 5.41) is 6.53. The number of benzene rings is 2. The van der Waals surface area contributed by atoms with E-state index >= 15 is 0 Å². The molecule has 2 N–H and O–H groups in total. The Morgan fingerprint density at radius 3 is 2.44 bits per heavy atom. The number of aromatic nitrogens is 1. The van der Waals surface area contributed by atoms with E-state index in [1.165, 1.54) is 5.56 Å². The molecule has 1 amide bonds. The molecule has 0 atom stereocenters. The van der Waals surface area contributed by atoms with Gasteiger partial charge >= 0.3 is 0 Å². The first kappa shape index (κ1) is 18.7. The predicted molar refractivity (Wildman–Crippen MR) is 109 cm³/mol. The Morgan fingerprint density at radius 1 is 1.07 bits per heavy atom. The highest BCUT2D eigenvalue weighted by Gasteiger charge is 2.06. The number of methoxy groups -OCH3 is 1. The number of hydrogen-bond acceptors (Lipinski definition) is 4. The summed E-state index contributed by atoms with van der Waals surface area (Å²) in [5.74, 6) is 1.02. The monoisotopic (exact) mass is 381 g/mol. The van der Waals surface area contributed by atoms with E-state index in [9.17, 15) is 4.79 Å². The molecule has 0 saturated carbocycles. The number of rotatable bonds is 6. The number of aryl methyl sites for hydroxylation is 1. The predicted octanol–water partition coefficient (Wildman–Crippen LogP) is 4.98. The number of anilines is 3. The molecule has 0 aliphatic rings.